The van der Waals surface area contributed by atoms with E-state index >= 15 is 0 Å². The fourth-order valence-corrected chi connectivity index (χ4v) is 1.70. The third kappa shape index (κ3) is 2.83. The second kappa shape index (κ2) is 4.87. The standard InChI is InChI=1S/C13H12F3N3/c1-8-5-3-4-6-9(8)10-7-11(13(14,15)16)19-12(17-2)18-10/h3-7H,1-2H3,(H,17,18,19). The summed E-state index contributed by atoms with van der Waals surface area (Å²) >= 11 is 0. The summed E-state index contributed by atoms with van der Waals surface area (Å²) in [6.45, 7) is 1.82. The Hall–Kier alpha value is -2.11. The molecule has 2 rings (SSSR count). The van der Waals surface area contributed by atoms with E-state index < -0.39 is 11.9 Å². The van der Waals surface area contributed by atoms with Crippen LogP contribution in [0.4, 0.5) is 19.1 Å². The number of benzene rings is 1. The Labute approximate surface area is 108 Å². The molecule has 1 aromatic carbocycles. The van der Waals surface area contributed by atoms with Crippen molar-refractivity contribution in [1.82, 2.24) is 9.97 Å². The Bertz CT molecular complexity index is 594. The van der Waals surface area contributed by atoms with Crippen molar-refractivity contribution in [2.75, 3.05) is 12.4 Å². The molecule has 0 fully saturated rings. The van der Waals surface area contributed by atoms with Crippen molar-refractivity contribution >= 4 is 5.95 Å². The lowest BCUT2D eigenvalue weighted by atomic mass is 10.1. The number of nitrogens with zero attached hydrogens (tertiary/aromatic N) is 2. The summed E-state index contributed by atoms with van der Waals surface area (Å²) in [4.78, 5) is 7.51. The number of halogens is 3. The molecule has 0 aliphatic carbocycles. The molecular formula is C13H12F3N3. The third-order valence-corrected chi connectivity index (χ3v) is 2.66. The van der Waals surface area contributed by atoms with Gasteiger partial charge in [0.2, 0.25) is 5.95 Å². The first kappa shape index (κ1) is 13.3. The summed E-state index contributed by atoms with van der Waals surface area (Å²) in [5.74, 6) is -0.0481. The lowest BCUT2D eigenvalue weighted by Gasteiger charge is -2.11. The van der Waals surface area contributed by atoms with Crippen LogP contribution in [-0.2, 0) is 6.18 Å². The first-order chi connectivity index (χ1) is 8.91. The number of nitrogens with one attached hydrogen (secondary N) is 1. The predicted molar refractivity (Wildman–Crippen MR) is 66.8 cm³/mol. The first-order valence-corrected chi connectivity index (χ1v) is 5.62. The van der Waals surface area contributed by atoms with E-state index in [1.54, 1.807) is 12.1 Å². The Morgan fingerprint density at radius 2 is 1.79 bits per heavy atom. The van der Waals surface area contributed by atoms with E-state index in [2.05, 4.69) is 15.3 Å². The van der Waals surface area contributed by atoms with Crippen molar-refractivity contribution in [2.45, 2.75) is 13.1 Å². The number of anilines is 1. The molecule has 0 amide bonds. The smallest absolute Gasteiger partial charge is 0.357 e. The monoisotopic (exact) mass is 267 g/mol. The highest BCUT2D eigenvalue weighted by Crippen LogP contribution is 2.31. The molecule has 0 atom stereocenters. The molecule has 19 heavy (non-hydrogen) atoms. The van der Waals surface area contributed by atoms with Crippen LogP contribution in [0.25, 0.3) is 11.3 Å². The van der Waals surface area contributed by atoms with Gasteiger partial charge in [0, 0.05) is 12.6 Å². The van der Waals surface area contributed by atoms with E-state index in [0.29, 0.717) is 5.56 Å². The topological polar surface area (TPSA) is 37.8 Å². The molecule has 100 valence electrons. The van der Waals surface area contributed by atoms with Gasteiger partial charge in [-0.15, -0.1) is 0 Å². The van der Waals surface area contributed by atoms with Crippen molar-refractivity contribution in [2.24, 2.45) is 0 Å². The molecule has 1 heterocycles. The van der Waals surface area contributed by atoms with Crippen LogP contribution >= 0.6 is 0 Å². The van der Waals surface area contributed by atoms with Crippen molar-refractivity contribution in [3.63, 3.8) is 0 Å². The molecule has 0 radical (unpaired) electrons. The zero-order valence-electron chi connectivity index (χ0n) is 10.4. The summed E-state index contributed by atoms with van der Waals surface area (Å²) in [5, 5.41) is 2.55. The van der Waals surface area contributed by atoms with Crippen LogP contribution in [0.2, 0.25) is 0 Å². The molecule has 0 saturated carbocycles. The van der Waals surface area contributed by atoms with Gasteiger partial charge in [0.15, 0.2) is 5.69 Å². The fourth-order valence-electron chi connectivity index (χ4n) is 1.70. The van der Waals surface area contributed by atoms with E-state index in [-0.39, 0.29) is 11.6 Å². The van der Waals surface area contributed by atoms with Crippen LogP contribution in [-0.4, -0.2) is 17.0 Å². The number of rotatable bonds is 2. The molecule has 0 unspecified atom stereocenters. The molecule has 6 heteroatoms. The highest BCUT2D eigenvalue weighted by Gasteiger charge is 2.33. The van der Waals surface area contributed by atoms with Crippen molar-refractivity contribution < 1.29 is 13.2 Å². The zero-order valence-corrected chi connectivity index (χ0v) is 10.4. The van der Waals surface area contributed by atoms with Gasteiger partial charge in [-0.05, 0) is 18.6 Å². The first-order valence-electron chi connectivity index (χ1n) is 5.62. The summed E-state index contributed by atoms with van der Waals surface area (Å²) < 4.78 is 38.3. The average Bonchev–Trinajstić information content (AvgIpc) is 2.37. The minimum Gasteiger partial charge on any atom is -0.357 e. The van der Waals surface area contributed by atoms with Gasteiger partial charge in [-0.1, -0.05) is 24.3 Å². The van der Waals surface area contributed by atoms with E-state index in [0.717, 1.165) is 11.6 Å². The molecule has 0 aliphatic heterocycles. The second-order valence-corrected chi connectivity index (χ2v) is 4.02. The fraction of sp³-hybridized carbons (Fsp3) is 0.231. The maximum absolute atomic E-state index is 12.8. The second-order valence-electron chi connectivity index (χ2n) is 4.02. The Kier molecular flexibility index (Phi) is 3.42. The number of hydrogen-bond donors (Lipinski definition) is 1. The normalized spacial score (nSPS) is 11.4. The lowest BCUT2D eigenvalue weighted by molar-refractivity contribution is -0.141. The maximum atomic E-state index is 12.8. The van der Waals surface area contributed by atoms with Gasteiger partial charge in [-0.25, -0.2) is 9.97 Å². The zero-order chi connectivity index (χ0) is 14.0. The Morgan fingerprint density at radius 1 is 1.11 bits per heavy atom. The molecular weight excluding hydrogens is 255 g/mol. The molecule has 2 aromatic rings. The van der Waals surface area contributed by atoms with E-state index in [9.17, 15) is 13.2 Å². The van der Waals surface area contributed by atoms with Crippen molar-refractivity contribution in [3.05, 3.63) is 41.6 Å². The lowest BCUT2D eigenvalue weighted by Crippen LogP contribution is -2.11. The summed E-state index contributed by atoms with van der Waals surface area (Å²) in [6.07, 6.45) is -4.49. The molecule has 0 bridgehead atoms. The number of aromatic nitrogens is 2. The van der Waals surface area contributed by atoms with Crippen LogP contribution in [0.3, 0.4) is 0 Å². The highest BCUT2D eigenvalue weighted by atomic mass is 19.4. The SMILES string of the molecule is CNc1nc(-c2ccccc2C)cc(C(F)(F)F)n1. The van der Waals surface area contributed by atoms with Crippen molar-refractivity contribution in [1.29, 1.82) is 0 Å². The van der Waals surface area contributed by atoms with Crippen LogP contribution in [0.15, 0.2) is 30.3 Å². The molecule has 3 nitrogen and oxygen atoms in total. The number of hydrogen-bond acceptors (Lipinski definition) is 3. The van der Waals surface area contributed by atoms with Crippen LogP contribution < -0.4 is 5.32 Å². The maximum Gasteiger partial charge on any atom is 0.433 e. The minimum absolute atomic E-state index is 0.0481. The van der Waals surface area contributed by atoms with Gasteiger partial charge in [-0.3, -0.25) is 0 Å². The highest BCUT2D eigenvalue weighted by molar-refractivity contribution is 5.64. The van der Waals surface area contributed by atoms with E-state index in [4.69, 9.17) is 0 Å². The van der Waals surface area contributed by atoms with Gasteiger partial charge in [0.05, 0.1) is 5.69 Å². The van der Waals surface area contributed by atoms with E-state index in [1.165, 1.54) is 7.05 Å². The van der Waals surface area contributed by atoms with Crippen LogP contribution in [0.1, 0.15) is 11.3 Å². The molecule has 0 spiro atoms. The average molecular weight is 267 g/mol. The summed E-state index contributed by atoms with van der Waals surface area (Å²) in [7, 11) is 1.48. The van der Waals surface area contributed by atoms with Gasteiger partial charge < -0.3 is 5.32 Å². The van der Waals surface area contributed by atoms with Crippen molar-refractivity contribution in [3.8, 4) is 11.3 Å². The number of aryl methyl sites for hydroxylation is 1. The summed E-state index contributed by atoms with van der Waals surface area (Å²) in [6, 6.07) is 8.10. The van der Waals surface area contributed by atoms with E-state index in [1.807, 2.05) is 19.1 Å². The van der Waals surface area contributed by atoms with Gasteiger partial charge in [0.25, 0.3) is 0 Å². The van der Waals surface area contributed by atoms with Crippen LogP contribution in [0, 0.1) is 6.92 Å². The quantitative estimate of drug-likeness (QED) is 0.904. The summed E-state index contributed by atoms with van der Waals surface area (Å²) in [5.41, 5.74) is 0.818. The molecule has 0 saturated heterocycles. The largest absolute Gasteiger partial charge is 0.433 e. The Balaban J connectivity index is 2.61. The third-order valence-electron chi connectivity index (χ3n) is 2.66. The molecule has 1 N–H and O–H groups in total. The van der Waals surface area contributed by atoms with Crippen LogP contribution in [0.5, 0.6) is 0 Å². The molecule has 0 aliphatic rings. The Morgan fingerprint density at radius 3 is 2.37 bits per heavy atom. The molecule has 1 aromatic heterocycles. The van der Waals surface area contributed by atoms with Gasteiger partial charge >= 0.3 is 6.18 Å². The number of alkyl halides is 3. The predicted octanol–water partition coefficient (Wildman–Crippen LogP) is 3.51. The van der Waals surface area contributed by atoms with Gasteiger partial charge in [-0.2, -0.15) is 13.2 Å². The van der Waals surface area contributed by atoms with Gasteiger partial charge in [0.1, 0.15) is 0 Å². The minimum atomic E-state index is -4.49.